The van der Waals surface area contributed by atoms with E-state index in [1.807, 2.05) is 39.8 Å². The minimum Gasteiger partial charge on any atom is -0.444 e. The molecule has 152 valence electrons. The number of ether oxygens (including phenoxy) is 1. The van der Waals surface area contributed by atoms with Gasteiger partial charge in [-0.3, -0.25) is 0 Å². The third-order valence-electron chi connectivity index (χ3n) is 4.79. The molecule has 0 unspecified atom stereocenters. The van der Waals surface area contributed by atoms with Crippen LogP contribution in [0.4, 0.5) is 18.0 Å². The number of rotatable bonds is 3. The van der Waals surface area contributed by atoms with Crippen LogP contribution in [0.25, 0.3) is 0 Å². The second kappa shape index (κ2) is 7.70. The van der Waals surface area contributed by atoms with Crippen molar-refractivity contribution in [2.24, 2.45) is 0 Å². The van der Waals surface area contributed by atoms with Crippen molar-refractivity contribution < 1.29 is 22.7 Å². The first-order valence-corrected chi connectivity index (χ1v) is 9.13. The van der Waals surface area contributed by atoms with E-state index in [0.29, 0.717) is 38.0 Å². The maximum atomic E-state index is 13.2. The highest BCUT2D eigenvalue weighted by atomic mass is 19.4. The van der Waals surface area contributed by atoms with Crippen LogP contribution in [-0.4, -0.2) is 55.2 Å². The Morgan fingerprint density at radius 3 is 2.26 bits per heavy atom. The highest BCUT2D eigenvalue weighted by Gasteiger charge is 2.40. The molecule has 1 amide bonds. The molecule has 0 N–H and O–H groups in total. The van der Waals surface area contributed by atoms with Crippen LogP contribution in [0, 0.1) is 0 Å². The SMILES string of the molecule is CN(C)CC1(c2cccc(C(F)(F)F)c2)CCN(C(=O)OC(C)(C)C)CC1. The van der Waals surface area contributed by atoms with E-state index in [4.69, 9.17) is 4.74 Å². The summed E-state index contributed by atoms with van der Waals surface area (Å²) in [5, 5.41) is 0. The van der Waals surface area contributed by atoms with Crippen LogP contribution in [0.3, 0.4) is 0 Å². The first kappa shape index (κ1) is 21.5. The molecule has 1 fully saturated rings. The zero-order chi connectivity index (χ0) is 20.5. The molecule has 7 heteroatoms. The van der Waals surface area contributed by atoms with E-state index in [1.165, 1.54) is 12.1 Å². The molecule has 0 radical (unpaired) electrons. The Balaban J connectivity index is 2.24. The van der Waals surface area contributed by atoms with Crippen molar-refractivity contribution in [3.63, 3.8) is 0 Å². The zero-order valence-corrected chi connectivity index (χ0v) is 16.7. The van der Waals surface area contributed by atoms with E-state index in [-0.39, 0.29) is 6.09 Å². The molecule has 1 heterocycles. The van der Waals surface area contributed by atoms with E-state index in [9.17, 15) is 18.0 Å². The minimum absolute atomic E-state index is 0.370. The van der Waals surface area contributed by atoms with Gasteiger partial charge in [-0.05, 0) is 59.3 Å². The van der Waals surface area contributed by atoms with Crippen LogP contribution >= 0.6 is 0 Å². The number of hydrogen-bond acceptors (Lipinski definition) is 3. The van der Waals surface area contributed by atoms with Crippen molar-refractivity contribution in [1.29, 1.82) is 0 Å². The molecule has 1 aliphatic heterocycles. The van der Waals surface area contributed by atoms with Crippen molar-refractivity contribution in [2.45, 2.75) is 50.8 Å². The number of halogens is 3. The Bertz CT molecular complexity index is 658. The topological polar surface area (TPSA) is 32.8 Å². The first-order chi connectivity index (χ1) is 12.3. The van der Waals surface area contributed by atoms with Crippen molar-refractivity contribution in [3.8, 4) is 0 Å². The van der Waals surface area contributed by atoms with Crippen molar-refractivity contribution >= 4 is 6.09 Å². The monoisotopic (exact) mass is 386 g/mol. The number of carbonyl (C=O) groups excluding carboxylic acids is 1. The van der Waals surface area contributed by atoms with E-state index < -0.39 is 22.8 Å². The Morgan fingerprint density at radius 1 is 1.19 bits per heavy atom. The Labute approximate surface area is 159 Å². The summed E-state index contributed by atoms with van der Waals surface area (Å²) < 4.78 is 44.9. The third-order valence-corrected chi connectivity index (χ3v) is 4.79. The first-order valence-electron chi connectivity index (χ1n) is 9.13. The lowest BCUT2D eigenvalue weighted by atomic mass is 9.72. The summed E-state index contributed by atoms with van der Waals surface area (Å²) in [4.78, 5) is 15.9. The molecule has 1 aromatic rings. The van der Waals surface area contributed by atoms with Crippen LogP contribution in [0.1, 0.15) is 44.7 Å². The smallest absolute Gasteiger partial charge is 0.416 e. The van der Waals surface area contributed by atoms with Gasteiger partial charge in [0.15, 0.2) is 0 Å². The summed E-state index contributed by atoms with van der Waals surface area (Å²) in [5.74, 6) is 0. The molecule has 0 spiro atoms. The number of likely N-dealkylation sites (tertiary alicyclic amines) is 1. The summed E-state index contributed by atoms with van der Waals surface area (Å²) in [6.07, 6.45) is -3.56. The molecule has 0 aromatic heterocycles. The summed E-state index contributed by atoms with van der Waals surface area (Å²) in [7, 11) is 3.82. The fraction of sp³-hybridized carbons (Fsp3) is 0.650. The number of benzene rings is 1. The Hall–Kier alpha value is -1.76. The summed E-state index contributed by atoms with van der Waals surface area (Å²) in [6, 6.07) is 5.59. The molecule has 2 rings (SSSR count). The normalized spacial score (nSPS) is 17.9. The highest BCUT2D eigenvalue weighted by molar-refractivity contribution is 5.68. The quantitative estimate of drug-likeness (QED) is 0.765. The van der Waals surface area contributed by atoms with Gasteiger partial charge in [0.05, 0.1) is 5.56 Å². The predicted molar refractivity (Wildman–Crippen MR) is 98.7 cm³/mol. The minimum atomic E-state index is -4.37. The fourth-order valence-corrected chi connectivity index (χ4v) is 3.61. The van der Waals surface area contributed by atoms with Crippen molar-refractivity contribution in [1.82, 2.24) is 9.80 Å². The van der Waals surface area contributed by atoms with Crippen LogP contribution < -0.4 is 0 Å². The molecule has 0 atom stereocenters. The van der Waals surface area contributed by atoms with E-state index in [0.717, 1.165) is 6.07 Å². The molecular weight excluding hydrogens is 357 g/mol. The number of hydrogen-bond donors (Lipinski definition) is 0. The largest absolute Gasteiger partial charge is 0.444 e. The molecule has 1 aliphatic rings. The van der Waals surface area contributed by atoms with Gasteiger partial charge in [-0.25, -0.2) is 4.79 Å². The van der Waals surface area contributed by atoms with E-state index in [1.54, 1.807) is 11.0 Å². The second-order valence-electron chi connectivity index (χ2n) is 8.56. The van der Waals surface area contributed by atoms with Gasteiger partial charge in [0.2, 0.25) is 0 Å². The molecule has 4 nitrogen and oxygen atoms in total. The summed E-state index contributed by atoms with van der Waals surface area (Å²) in [5.41, 5.74) is -0.956. The number of amides is 1. The number of piperidine rings is 1. The zero-order valence-electron chi connectivity index (χ0n) is 16.7. The van der Waals surface area contributed by atoms with Gasteiger partial charge in [0, 0.05) is 25.0 Å². The lowest BCUT2D eigenvalue weighted by molar-refractivity contribution is -0.137. The number of nitrogens with zero attached hydrogens (tertiary/aromatic N) is 2. The van der Waals surface area contributed by atoms with Gasteiger partial charge in [-0.15, -0.1) is 0 Å². The lowest BCUT2D eigenvalue weighted by Gasteiger charge is -2.44. The van der Waals surface area contributed by atoms with Crippen LogP contribution in [-0.2, 0) is 16.3 Å². The number of likely N-dealkylation sites (N-methyl/N-ethyl adjacent to an activating group) is 1. The van der Waals surface area contributed by atoms with Crippen LogP contribution in [0.2, 0.25) is 0 Å². The number of carbonyl (C=O) groups is 1. The summed E-state index contributed by atoms with van der Waals surface area (Å²) >= 11 is 0. The molecule has 1 aromatic carbocycles. The maximum absolute atomic E-state index is 13.2. The van der Waals surface area contributed by atoms with Crippen molar-refractivity contribution in [2.75, 3.05) is 33.7 Å². The molecule has 27 heavy (non-hydrogen) atoms. The Kier molecular flexibility index (Phi) is 6.14. The van der Waals surface area contributed by atoms with Crippen LogP contribution in [0.15, 0.2) is 24.3 Å². The van der Waals surface area contributed by atoms with Gasteiger partial charge >= 0.3 is 12.3 Å². The average molecular weight is 386 g/mol. The maximum Gasteiger partial charge on any atom is 0.416 e. The van der Waals surface area contributed by atoms with E-state index in [2.05, 4.69) is 0 Å². The molecule has 1 saturated heterocycles. The number of alkyl halides is 3. The molecule has 0 bridgehead atoms. The van der Waals surface area contributed by atoms with Gasteiger partial charge in [0.25, 0.3) is 0 Å². The van der Waals surface area contributed by atoms with Gasteiger partial charge in [-0.1, -0.05) is 18.2 Å². The third kappa shape index (κ3) is 5.61. The molecule has 0 aliphatic carbocycles. The molecule has 0 saturated carbocycles. The van der Waals surface area contributed by atoms with E-state index >= 15 is 0 Å². The molecular formula is C20H29F3N2O2. The summed E-state index contributed by atoms with van der Waals surface area (Å²) in [6.45, 7) is 6.98. The van der Waals surface area contributed by atoms with Gasteiger partial charge < -0.3 is 14.5 Å². The predicted octanol–water partition coefficient (Wildman–Crippen LogP) is 4.54. The average Bonchev–Trinajstić information content (AvgIpc) is 2.52. The van der Waals surface area contributed by atoms with Gasteiger partial charge in [0.1, 0.15) is 5.60 Å². The highest BCUT2D eigenvalue weighted by Crippen LogP contribution is 2.39. The second-order valence-corrected chi connectivity index (χ2v) is 8.56. The fourth-order valence-electron chi connectivity index (χ4n) is 3.61. The van der Waals surface area contributed by atoms with Crippen molar-refractivity contribution in [3.05, 3.63) is 35.4 Å². The lowest BCUT2D eigenvalue weighted by Crippen LogP contribution is -2.50. The Morgan fingerprint density at radius 2 is 1.78 bits per heavy atom. The van der Waals surface area contributed by atoms with Crippen LogP contribution in [0.5, 0.6) is 0 Å². The van der Waals surface area contributed by atoms with Gasteiger partial charge in [-0.2, -0.15) is 13.2 Å². The standard InChI is InChI=1S/C20H29F3N2O2/c1-18(2,3)27-17(26)25-11-9-19(10-12-25,14-24(4)5)15-7-6-8-16(13-15)20(21,22)23/h6-8,13H,9-12,14H2,1-5H3.